The lowest BCUT2D eigenvalue weighted by Crippen LogP contribution is -2.11. The number of benzene rings is 1. The Morgan fingerprint density at radius 2 is 2.08 bits per heavy atom. The Kier molecular flexibility index (Phi) is 5.31. The average Bonchev–Trinajstić information content (AvgIpc) is 2.03. The molecule has 0 fully saturated rings. The third-order valence-electron chi connectivity index (χ3n) is 1.78. The number of halogens is 2. The van der Waals surface area contributed by atoms with Gasteiger partial charge < -0.3 is 5.32 Å². The standard InChI is InChI=1S/C9H12ClN.ClH/c1-7(11-2)8-4-3-5-9(10)6-8;/h3-7,11H,1-2H3;1H/t7-;/m0./s1. The van der Waals surface area contributed by atoms with Gasteiger partial charge in [-0.15, -0.1) is 12.4 Å². The molecule has 1 aromatic carbocycles. The highest BCUT2D eigenvalue weighted by molar-refractivity contribution is 6.30. The Hall–Kier alpha value is -0.240. The molecule has 0 aliphatic carbocycles. The molecule has 1 rings (SSSR count). The Balaban J connectivity index is 0.00000121. The quantitative estimate of drug-likeness (QED) is 0.784. The zero-order valence-corrected chi connectivity index (χ0v) is 8.75. The van der Waals surface area contributed by atoms with Crippen LogP contribution in [0, 0.1) is 0 Å². The Morgan fingerprint density at radius 1 is 1.42 bits per heavy atom. The molecule has 0 aliphatic heterocycles. The van der Waals surface area contributed by atoms with Crippen LogP contribution in [0.25, 0.3) is 0 Å². The molecule has 0 aliphatic rings. The lowest BCUT2D eigenvalue weighted by Gasteiger charge is -2.09. The van der Waals surface area contributed by atoms with Crippen molar-refractivity contribution < 1.29 is 0 Å². The maximum Gasteiger partial charge on any atom is 0.0409 e. The molecule has 0 amide bonds. The summed E-state index contributed by atoms with van der Waals surface area (Å²) in [6.45, 7) is 2.10. The predicted molar refractivity (Wildman–Crippen MR) is 56.2 cm³/mol. The van der Waals surface area contributed by atoms with Crippen LogP contribution < -0.4 is 5.32 Å². The summed E-state index contributed by atoms with van der Waals surface area (Å²) in [7, 11) is 1.94. The molecule has 0 spiro atoms. The van der Waals surface area contributed by atoms with Crippen LogP contribution in [0.15, 0.2) is 24.3 Å². The van der Waals surface area contributed by atoms with E-state index in [-0.39, 0.29) is 12.4 Å². The van der Waals surface area contributed by atoms with E-state index in [9.17, 15) is 0 Å². The van der Waals surface area contributed by atoms with Crippen molar-refractivity contribution >= 4 is 24.0 Å². The normalized spacial score (nSPS) is 11.9. The second-order valence-corrected chi connectivity index (χ2v) is 3.00. The van der Waals surface area contributed by atoms with Crippen molar-refractivity contribution in [1.29, 1.82) is 0 Å². The number of hydrogen-bond acceptors (Lipinski definition) is 1. The van der Waals surface area contributed by atoms with E-state index in [1.54, 1.807) is 0 Å². The Bertz CT molecular complexity index is 238. The van der Waals surface area contributed by atoms with Crippen LogP contribution >= 0.6 is 24.0 Å². The van der Waals surface area contributed by atoms with Crippen molar-refractivity contribution in [3.05, 3.63) is 34.9 Å². The Morgan fingerprint density at radius 3 is 2.58 bits per heavy atom. The smallest absolute Gasteiger partial charge is 0.0409 e. The van der Waals surface area contributed by atoms with Gasteiger partial charge in [0.05, 0.1) is 0 Å². The zero-order valence-electron chi connectivity index (χ0n) is 7.17. The van der Waals surface area contributed by atoms with Crippen molar-refractivity contribution in [2.24, 2.45) is 0 Å². The number of hydrogen-bond donors (Lipinski definition) is 1. The molecule has 0 radical (unpaired) electrons. The van der Waals surface area contributed by atoms with Crippen LogP contribution in [0.3, 0.4) is 0 Å². The van der Waals surface area contributed by atoms with Crippen LogP contribution in [0.4, 0.5) is 0 Å². The summed E-state index contributed by atoms with van der Waals surface area (Å²) in [6.07, 6.45) is 0. The lowest BCUT2D eigenvalue weighted by atomic mass is 10.1. The fourth-order valence-electron chi connectivity index (χ4n) is 0.943. The molecule has 3 heteroatoms. The van der Waals surface area contributed by atoms with Gasteiger partial charge in [0.25, 0.3) is 0 Å². The molecule has 0 saturated heterocycles. The highest BCUT2D eigenvalue weighted by atomic mass is 35.5. The van der Waals surface area contributed by atoms with Gasteiger partial charge in [-0.1, -0.05) is 23.7 Å². The molecule has 1 N–H and O–H groups in total. The first-order chi connectivity index (χ1) is 5.24. The molecule has 1 aromatic rings. The minimum Gasteiger partial charge on any atom is -0.313 e. The molecule has 0 saturated carbocycles. The lowest BCUT2D eigenvalue weighted by molar-refractivity contribution is 0.652. The predicted octanol–water partition coefficient (Wildman–Crippen LogP) is 3.04. The topological polar surface area (TPSA) is 12.0 Å². The van der Waals surface area contributed by atoms with Gasteiger partial charge in [-0.2, -0.15) is 0 Å². The van der Waals surface area contributed by atoms with Crippen LogP contribution in [-0.2, 0) is 0 Å². The van der Waals surface area contributed by atoms with E-state index < -0.39 is 0 Å². The van der Waals surface area contributed by atoms with E-state index in [0.29, 0.717) is 6.04 Å². The summed E-state index contributed by atoms with van der Waals surface area (Å²) in [5.41, 5.74) is 1.22. The fourth-order valence-corrected chi connectivity index (χ4v) is 1.14. The molecule has 68 valence electrons. The van der Waals surface area contributed by atoms with Gasteiger partial charge >= 0.3 is 0 Å². The van der Waals surface area contributed by atoms with E-state index in [1.807, 2.05) is 25.2 Å². The van der Waals surface area contributed by atoms with Gasteiger partial charge in [-0.3, -0.25) is 0 Å². The minimum atomic E-state index is 0. The fraction of sp³-hybridized carbons (Fsp3) is 0.333. The van der Waals surface area contributed by atoms with E-state index in [2.05, 4.69) is 18.3 Å². The van der Waals surface area contributed by atoms with Gasteiger partial charge in [-0.05, 0) is 31.7 Å². The minimum absolute atomic E-state index is 0. The molecule has 0 aromatic heterocycles. The van der Waals surface area contributed by atoms with E-state index in [4.69, 9.17) is 11.6 Å². The van der Waals surface area contributed by atoms with Gasteiger partial charge in [0.1, 0.15) is 0 Å². The first-order valence-corrected chi connectivity index (χ1v) is 4.04. The van der Waals surface area contributed by atoms with Crippen molar-refractivity contribution in [3.8, 4) is 0 Å². The van der Waals surface area contributed by atoms with Crippen molar-refractivity contribution in [1.82, 2.24) is 5.32 Å². The van der Waals surface area contributed by atoms with Crippen molar-refractivity contribution in [2.45, 2.75) is 13.0 Å². The first-order valence-electron chi connectivity index (χ1n) is 3.67. The van der Waals surface area contributed by atoms with Crippen molar-refractivity contribution in [2.75, 3.05) is 7.05 Å². The highest BCUT2D eigenvalue weighted by Gasteiger charge is 2.00. The molecular weight excluding hydrogens is 193 g/mol. The maximum absolute atomic E-state index is 5.82. The highest BCUT2D eigenvalue weighted by Crippen LogP contribution is 2.16. The van der Waals surface area contributed by atoms with E-state index in [0.717, 1.165) is 5.02 Å². The van der Waals surface area contributed by atoms with E-state index >= 15 is 0 Å². The average molecular weight is 206 g/mol. The summed E-state index contributed by atoms with van der Waals surface area (Å²) in [5, 5.41) is 3.95. The van der Waals surface area contributed by atoms with E-state index in [1.165, 1.54) is 5.56 Å². The molecule has 0 bridgehead atoms. The summed E-state index contributed by atoms with van der Waals surface area (Å²) in [5.74, 6) is 0. The van der Waals surface area contributed by atoms with Gasteiger partial charge in [0, 0.05) is 11.1 Å². The SMILES string of the molecule is CN[C@@H](C)c1cccc(Cl)c1.Cl. The third-order valence-corrected chi connectivity index (χ3v) is 2.02. The number of rotatable bonds is 2. The molecule has 0 heterocycles. The van der Waals surface area contributed by atoms with Gasteiger partial charge in [0.15, 0.2) is 0 Å². The molecule has 0 unspecified atom stereocenters. The van der Waals surface area contributed by atoms with Crippen LogP contribution in [0.5, 0.6) is 0 Å². The summed E-state index contributed by atoms with van der Waals surface area (Å²) in [6, 6.07) is 8.25. The second-order valence-electron chi connectivity index (χ2n) is 2.57. The second kappa shape index (κ2) is 5.41. The molecule has 1 nitrogen and oxygen atoms in total. The summed E-state index contributed by atoms with van der Waals surface area (Å²) in [4.78, 5) is 0. The first kappa shape index (κ1) is 11.8. The molecular formula is C9H13Cl2N. The van der Waals surface area contributed by atoms with Crippen LogP contribution in [-0.4, -0.2) is 7.05 Å². The Labute approximate surface area is 84.5 Å². The molecule has 1 atom stereocenters. The van der Waals surface area contributed by atoms with Crippen molar-refractivity contribution in [3.63, 3.8) is 0 Å². The van der Waals surface area contributed by atoms with Gasteiger partial charge in [0.2, 0.25) is 0 Å². The van der Waals surface area contributed by atoms with Crippen LogP contribution in [0.1, 0.15) is 18.5 Å². The summed E-state index contributed by atoms with van der Waals surface area (Å²) >= 11 is 5.82. The van der Waals surface area contributed by atoms with Gasteiger partial charge in [-0.25, -0.2) is 0 Å². The van der Waals surface area contributed by atoms with Crippen LogP contribution in [0.2, 0.25) is 5.02 Å². The monoisotopic (exact) mass is 205 g/mol. The number of nitrogens with one attached hydrogen (secondary N) is 1. The molecule has 12 heavy (non-hydrogen) atoms. The maximum atomic E-state index is 5.82. The summed E-state index contributed by atoms with van der Waals surface area (Å²) < 4.78 is 0. The largest absolute Gasteiger partial charge is 0.313 e. The zero-order chi connectivity index (χ0) is 8.27. The third kappa shape index (κ3) is 3.02.